The Morgan fingerprint density at radius 2 is 1.76 bits per heavy atom. The summed E-state index contributed by atoms with van der Waals surface area (Å²) in [7, 11) is 0. The minimum atomic E-state index is -1.39. The van der Waals surface area contributed by atoms with E-state index in [9.17, 15) is 14.7 Å². The van der Waals surface area contributed by atoms with Gasteiger partial charge in [-0.3, -0.25) is 9.59 Å². The molecule has 1 aliphatic rings. The first kappa shape index (κ1) is 25.5. The molecule has 3 N–H and O–H groups in total. The molecule has 33 heavy (non-hydrogen) atoms. The number of rotatable bonds is 8. The van der Waals surface area contributed by atoms with Crippen LogP contribution in [-0.4, -0.2) is 34.0 Å². The first-order chi connectivity index (χ1) is 15.6. The fraction of sp³-hybridized carbons (Fsp3) is 0.462. The Morgan fingerprint density at radius 1 is 1.12 bits per heavy atom. The van der Waals surface area contributed by atoms with Crippen molar-refractivity contribution in [2.24, 2.45) is 11.1 Å². The number of hydrogen-bond donors (Lipinski definition) is 2. The Kier molecular flexibility index (Phi) is 8.09. The molecular weight excluding hydrogens is 459 g/mol. The number of aliphatic hydroxyl groups is 1. The van der Waals surface area contributed by atoms with E-state index < -0.39 is 17.4 Å². The number of piperidine rings is 1. The molecule has 1 heterocycles. The molecule has 4 atom stereocenters. The number of carbonyl (C=O) groups excluding carboxylic acids is 2. The van der Waals surface area contributed by atoms with Gasteiger partial charge in [-0.15, -0.1) is 0 Å². The van der Waals surface area contributed by atoms with Crippen molar-refractivity contribution in [3.05, 3.63) is 69.7 Å². The number of carbonyl (C=O) groups is 2. The van der Waals surface area contributed by atoms with E-state index in [1.807, 2.05) is 60.4 Å². The lowest BCUT2D eigenvalue weighted by Gasteiger charge is -2.52. The van der Waals surface area contributed by atoms with Crippen molar-refractivity contribution in [1.82, 2.24) is 4.90 Å². The van der Waals surface area contributed by atoms with Gasteiger partial charge in [0, 0.05) is 22.0 Å². The summed E-state index contributed by atoms with van der Waals surface area (Å²) < 4.78 is 0. The smallest absolute Gasteiger partial charge is 0.246 e. The Hall–Kier alpha value is -2.08. The third-order valence-electron chi connectivity index (χ3n) is 6.90. The first-order valence-corrected chi connectivity index (χ1v) is 12.2. The molecule has 0 aliphatic carbocycles. The predicted molar refractivity (Wildman–Crippen MR) is 132 cm³/mol. The summed E-state index contributed by atoms with van der Waals surface area (Å²) in [6.07, 6.45) is 0.587. The molecule has 1 fully saturated rings. The molecule has 0 radical (unpaired) electrons. The van der Waals surface area contributed by atoms with Gasteiger partial charge in [0.2, 0.25) is 11.8 Å². The van der Waals surface area contributed by atoms with E-state index >= 15 is 0 Å². The highest BCUT2D eigenvalue weighted by molar-refractivity contribution is 6.30. The van der Waals surface area contributed by atoms with Gasteiger partial charge < -0.3 is 15.7 Å². The van der Waals surface area contributed by atoms with Crippen molar-refractivity contribution in [1.29, 1.82) is 0 Å². The van der Waals surface area contributed by atoms with Crippen LogP contribution in [0.2, 0.25) is 10.0 Å². The number of amides is 2. The molecular formula is C26H32Cl2N2O3. The van der Waals surface area contributed by atoms with Crippen LogP contribution in [0.15, 0.2) is 48.5 Å². The van der Waals surface area contributed by atoms with Crippen LogP contribution in [0.1, 0.15) is 69.5 Å². The number of likely N-dealkylation sites (tertiary alicyclic amines) is 1. The Bertz CT molecular complexity index is 993. The highest BCUT2D eigenvalue weighted by Crippen LogP contribution is 2.52. The quantitative estimate of drug-likeness (QED) is 0.513. The Labute approximate surface area is 205 Å². The van der Waals surface area contributed by atoms with E-state index in [1.54, 1.807) is 0 Å². The predicted octanol–water partition coefficient (Wildman–Crippen LogP) is 5.48. The minimum Gasteiger partial charge on any atom is -0.383 e. The van der Waals surface area contributed by atoms with E-state index in [1.165, 1.54) is 0 Å². The second-order valence-electron chi connectivity index (χ2n) is 9.23. The maximum atomic E-state index is 14.1. The molecule has 0 unspecified atom stereocenters. The van der Waals surface area contributed by atoms with Crippen LogP contribution in [0, 0.1) is 5.41 Å². The summed E-state index contributed by atoms with van der Waals surface area (Å²) in [6.45, 7) is 5.96. The van der Waals surface area contributed by atoms with E-state index in [2.05, 4.69) is 13.8 Å². The highest BCUT2D eigenvalue weighted by atomic mass is 35.5. The van der Waals surface area contributed by atoms with Gasteiger partial charge in [0.05, 0.1) is 11.5 Å². The number of hydrogen-bond acceptors (Lipinski definition) is 3. The summed E-state index contributed by atoms with van der Waals surface area (Å²) in [5, 5.41) is 11.6. The minimum absolute atomic E-state index is 0.00907. The summed E-state index contributed by atoms with van der Waals surface area (Å²) in [5.41, 5.74) is 6.39. The van der Waals surface area contributed by atoms with Crippen molar-refractivity contribution in [2.75, 3.05) is 0 Å². The number of primary amides is 1. The summed E-state index contributed by atoms with van der Waals surface area (Å²) in [5.74, 6) is -1.000. The van der Waals surface area contributed by atoms with Gasteiger partial charge in [-0.05, 0) is 61.1 Å². The molecule has 2 amide bonds. The molecule has 0 spiro atoms. The lowest BCUT2D eigenvalue weighted by Crippen LogP contribution is -2.56. The summed E-state index contributed by atoms with van der Waals surface area (Å²) in [4.78, 5) is 27.7. The Morgan fingerprint density at radius 3 is 2.30 bits per heavy atom. The topological polar surface area (TPSA) is 83.6 Å². The molecule has 1 saturated heterocycles. The van der Waals surface area contributed by atoms with Crippen LogP contribution in [0.5, 0.6) is 0 Å². The molecule has 2 aromatic carbocycles. The van der Waals surface area contributed by atoms with Crippen LogP contribution in [0.25, 0.3) is 0 Å². The Balaban J connectivity index is 2.20. The van der Waals surface area contributed by atoms with E-state index in [0.717, 1.165) is 24.0 Å². The SMILES string of the molecule is CCC(CC)N1C(=O)[C@](C)(C[C@H](O)C(N)=O)C[C@H](c2cccc(Cl)c2)[C@H]1c1ccc(Cl)cc1. The van der Waals surface area contributed by atoms with E-state index in [0.29, 0.717) is 16.5 Å². The zero-order chi connectivity index (χ0) is 24.3. The molecule has 3 rings (SSSR count). The van der Waals surface area contributed by atoms with Crippen molar-refractivity contribution in [2.45, 2.75) is 70.6 Å². The number of halogens is 2. The van der Waals surface area contributed by atoms with Crippen molar-refractivity contribution >= 4 is 35.0 Å². The average molecular weight is 491 g/mol. The fourth-order valence-corrected chi connectivity index (χ4v) is 5.50. The van der Waals surface area contributed by atoms with Gasteiger partial charge >= 0.3 is 0 Å². The van der Waals surface area contributed by atoms with E-state index in [4.69, 9.17) is 28.9 Å². The molecule has 0 aromatic heterocycles. The van der Waals surface area contributed by atoms with Gasteiger partial charge in [0.1, 0.15) is 6.10 Å². The number of nitrogens with two attached hydrogens (primary N) is 1. The normalized spacial score (nSPS) is 24.2. The van der Waals surface area contributed by atoms with E-state index in [-0.39, 0.29) is 30.3 Å². The first-order valence-electron chi connectivity index (χ1n) is 11.4. The van der Waals surface area contributed by atoms with Crippen molar-refractivity contribution in [3.63, 3.8) is 0 Å². The molecule has 178 valence electrons. The van der Waals surface area contributed by atoms with Crippen LogP contribution >= 0.6 is 23.2 Å². The van der Waals surface area contributed by atoms with Gasteiger partial charge in [-0.2, -0.15) is 0 Å². The molecule has 2 aromatic rings. The second kappa shape index (κ2) is 10.5. The van der Waals surface area contributed by atoms with Crippen molar-refractivity contribution < 1.29 is 14.7 Å². The lowest BCUT2D eigenvalue weighted by atomic mass is 9.66. The highest BCUT2D eigenvalue weighted by Gasteiger charge is 2.52. The third-order valence-corrected chi connectivity index (χ3v) is 7.39. The zero-order valence-electron chi connectivity index (χ0n) is 19.3. The van der Waals surface area contributed by atoms with Crippen LogP contribution in [-0.2, 0) is 9.59 Å². The molecule has 1 aliphatic heterocycles. The summed E-state index contributed by atoms with van der Waals surface area (Å²) in [6, 6.07) is 15.0. The maximum Gasteiger partial charge on any atom is 0.246 e. The van der Waals surface area contributed by atoms with Gasteiger partial charge in [0.25, 0.3) is 0 Å². The number of nitrogens with zero attached hydrogens (tertiary/aromatic N) is 1. The fourth-order valence-electron chi connectivity index (χ4n) is 5.18. The number of benzene rings is 2. The van der Waals surface area contributed by atoms with Gasteiger partial charge in [-0.1, -0.05) is 68.2 Å². The average Bonchev–Trinajstić information content (AvgIpc) is 2.78. The molecule has 0 saturated carbocycles. The van der Waals surface area contributed by atoms with Crippen LogP contribution in [0.4, 0.5) is 0 Å². The molecule has 7 heteroatoms. The maximum absolute atomic E-state index is 14.1. The van der Waals surface area contributed by atoms with Crippen LogP contribution in [0.3, 0.4) is 0 Å². The monoisotopic (exact) mass is 490 g/mol. The van der Waals surface area contributed by atoms with Gasteiger partial charge in [0.15, 0.2) is 0 Å². The molecule has 5 nitrogen and oxygen atoms in total. The number of aliphatic hydroxyl groups excluding tert-OH is 1. The summed E-state index contributed by atoms with van der Waals surface area (Å²) >= 11 is 12.5. The van der Waals surface area contributed by atoms with Crippen molar-refractivity contribution in [3.8, 4) is 0 Å². The zero-order valence-corrected chi connectivity index (χ0v) is 20.8. The largest absolute Gasteiger partial charge is 0.383 e. The molecule has 0 bridgehead atoms. The standard InChI is InChI=1S/C26H32Cl2N2O3/c1-4-20(5-2)30-23(16-9-11-18(27)12-10-16)21(17-7-6-8-19(28)13-17)14-26(3,25(30)33)15-22(31)24(29)32/h6-13,20-23,31H,4-5,14-15H2,1-3H3,(H2,29,32)/t21-,22+,23-,26+/m1/s1. The van der Waals surface area contributed by atoms with Crippen LogP contribution < -0.4 is 5.73 Å². The lowest BCUT2D eigenvalue weighted by molar-refractivity contribution is -0.158. The van der Waals surface area contributed by atoms with Gasteiger partial charge in [-0.25, -0.2) is 0 Å². The second-order valence-corrected chi connectivity index (χ2v) is 10.1. The third kappa shape index (κ3) is 5.37.